The Morgan fingerprint density at radius 2 is 2.18 bits per heavy atom. The van der Waals surface area contributed by atoms with Crippen LogP contribution in [0.15, 0.2) is 18.2 Å². The van der Waals surface area contributed by atoms with Crippen molar-refractivity contribution >= 4 is 11.6 Å². The van der Waals surface area contributed by atoms with E-state index in [2.05, 4.69) is 34.2 Å². The van der Waals surface area contributed by atoms with Crippen LogP contribution in [0.25, 0.3) is 0 Å². The van der Waals surface area contributed by atoms with Gasteiger partial charge in [-0.15, -0.1) is 0 Å². The second-order valence-electron chi connectivity index (χ2n) is 7.00. The van der Waals surface area contributed by atoms with Gasteiger partial charge in [-0.3, -0.25) is 9.69 Å². The molecule has 0 aliphatic carbocycles. The predicted octanol–water partition coefficient (Wildman–Crippen LogP) is 2.35. The normalized spacial score (nSPS) is 28.0. The Labute approximate surface area is 132 Å². The monoisotopic (exact) mass is 299 g/mol. The third kappa shape index (κ3) is 2.39. The van der Waals surface area contributed by atoms with Crippen LogP contribution in [0.3, 0.4) is 0 Å². The zero-order valence-corrected chi connectivity index (χ0v) is 13.3. The summed E-state index contributed by atoms with van der Waals surface area (Å²) >= 11 is 0. The van der Waals surface area contributed by atoms with Crippen molar-refractivity contribution in [3.8, 4) is 0 Å². The molecule has 3 aliphatic heterocycles. The molecule has 4 rings (SSSR count). The first kappa shape index (κ1) is 14.1. The highest BCUT2D eigenvalue weighted by Gasteiger charge is 2.35. The number of benzene rings is 1. The van der Waals surface area contributed by atoms with Crippen molar-refractivity contribution in [2.24, 2.45) is 0 Å². The maximum atomic E-state index is 13.0. The summed E-state index contributed by atoms with van der Waals surface area (Å²) in [6.45, 7) is 6.32. The molecule has 4 heteroatoms. The molecule has 0 bridgehead atoms. The van der Waals surface area contributed by atoms with Gasteiger partial charge in [0, 0.05) is 43.0 Å². The number of nitrogens with zero attached hydrogens (tertiary/aromatic N) is 2. The van der Waals surface area contributed by atoms with Crippen LogP contribution in [-0.2, 0) is 6.42 Å². The lowest BCUT2D eigenvalue weighted by Gasteiger charge is -2.47. The molecular weight excluding hydrogens is 274 g/mol. The van der Waals surface area contributed by atoms with Crippen LogP contribution in [0.5, 0.6) is 0 Å². The Kier molecular flexibility index (Phi) is 3.57. The molecule has 1 N–H and O–H groups in total. The topological polar surface area (TPSA) is 35.6 Å². The first-order valence-electron chi connectivity index (χ1n) is 8.64. The second kappa shape index (κ2) is 5.58. The molecule has 4 nitrogen and oxygen atoms in total. The number of rotatable bonds is 1. The molecule has 0 spiro atoms. The van der Waals surface area contributed by atoms with E-state index in [4.69, 9.17) is 0 Å². The molecule has 1 aromatic rings. The number of nitrogens with one attached hydrogen (secondary N) is 1. The summed E-state index contributed by atoms with van der Waals surface area (Å²) in [4.78, 5) is 17.7. The first-order valence-corrected chi connectivity index (χ1v) is 8.64. The fourth-order valence-electron chi connectivity index (χ4n) is 4.24. The van der Waals surface area contributed by atoms with E-state index in [1.165, 1.54) is 37.1 Å². The number of hydrogen-bond acceptors (Lipinski definition) is 3. The van der Waals surface area contributed by atoms with Crippen LogP contribution in [0.4, 0.5) is 5.69 Å². The maximum Gasteiger partial charge on any atom is 0.254 e. The molecule has 3 heterocycles. The Balaban J connectivity index is 1.54. The van der Waals surface area contributed by atoms with Crippen LogP contribution >= 0.6 is 0 Å². The van der Waals surface area contributed by atoms with Gasteiger partial charge in [0.2, 0.25) is 0 Å². The van der Waals surface area contributed by atoms with Crippen LogP contribution in [0.2, 0.25) is 0 Å². The molecular formula is C18H25N3O. The molecule has 118 valence electrons. The van der Waals surface area contributed by atoms with Crippen molar-refractivity contribution in [3.05, 3.63) is 29.3 Å². The summed E-state index contributed by atoms with van der Waals surface area (Å²) in [6, 6.07) is 7.03. The summed E-state index contributed by atoms with van der Waals surface area (Å²) in [7, 11) is 0. The van der Waals surface area contributed by atoms with Crippen LogP contribution in [-0.4, -0.2) is 54.0 Å². The van der Waals surface area contributed by atoms with Crippen LogP contribution in [0, 0.1) is 0 Å². The van der Waals surface area contributed by atoms with Crippen LogP contribution in [0.1, 0.15) is 42.1 Å². The second-order valence-corrected chi connectivity index (χ2v) is 7.00. The van der Waals surface area contributed by atoms with Crippen molar-refractivity contribution in [3.63, 3.8) is 0 Å². The molecule has 0 radical (unpaired) electrons. The summed E-state index contributed by atoms with van der Waals surface area (Å²) in [5.74, 6) is 0.215. The van der Waals surface area contributed by atoms with E-state index in [-0.39, 0.29) is 5.91 Å². The molecule has 2 saturated heterocycles. The molecule has 0 saturated carbocycles. The number of fused-ring (bicyclic) bond motifs is 2. The smallest absolute Gasteiger partial charge is 0.254 e. The van der Waals surface area contributed by atoms with E-state index >= 15 is 0 Å². The van der Waals surface area contributed by atoms with Crippen molar-refractivity contribution in [1.82, 2.24) is 9.80 Å². The fourth-order valence-corrected chi connectivity index (χ4v) is 4.24. The van der Waals surface area contributed by atoms with Gasteiger partial charge in [-0.05, 0) is 56.5 Å². The minimum Gasteiger partial charge on any atom is -0.384 e. The van der Waals surface area contributed by atoms with E-state index in [0.717, 1.165) is 31.6 Å². The highest BCUT2D eigenvalue weighted by Crippen LogP contribution is 2.27. The van der Waals surface area contributed by atoms with Gasteiger partial charge in [-0.25, -0.2) is 0 Å². The molecule has 3 aliphatic rings. The maximum absolute atomic E-state index is 13.0. The number of hydrogen-bond donors (Lipinski definition) is 1. The highest BCUT2D eigenvalue weighted by atomic mass is 16.2. The third-order valence-electron chi connectivity index (χ3n) is 5.51. The molecule has 0 aromatic heterocycles. The molecule has 22 heavy (non-hydrogen) atoms. The number of anilines is 1. The predicted molar refractivity (Wildman–Crippen MR) is 88.3 cm³/mol. The Hall–Kier alpha value is -1.55. The molecule has 1 amide bonds. The van der Waals surface area contributed by atoms with Crippen molar-refractivity contribution in [2.45, 2.75) is 44.7 Å². The molecule has 1 aromatic carbocycles. The minimum atomic E-state index is 0.215. The average molecular weight is 299 g/mol. The number of piperazine rings is 1. The first-order chi connectivity index (χ1) is 10.7. The van der Waals surface area contributed by atoms with Gasteiger partial charge in [0.25, 0.3) is 5.91 Å². The van der Waals surface area contributed by atoms with Gasteiger partial charge in [-0.2, -0.15) is 0 Å². The third-order valence-corrected chi connectivity index (χ3v) is 5.51. The summed E-state index contributed by atoms with van der Waals surface area (Å²) in [5, 5.41) is 3.36. The molecule has 2 fully saturated rings. The molecule has 2 unspecified atom stereocenters. The summed E-state index contributed by atoms with van der Waals surface area (Å²) in [5.41, 5.74) is 3.34. The van der Waals surface area contributed by atoms with Crippen molar-refractivity contribution in [2.75, 3.05) is 31.5 Å². The van der Waals surface area contributed by atoms with Gasteiger partial charge >= 0.3 is 0 Å². The van der Waals surface area contributed by atoms with Crippen molar-refractivity contribution in [1.29, 1.82) is 0 Å². The summed E-state index contributed by atoms with van der Waals surface area (Å²) < 4.78 is 0. The van der Waals surface area contributed by atoms with E-state index in [1.807, 2.05) is 6.07 Å². The van der Waals surface area contributed by atoms with E-state index in [1.54, 1.807) is 0 Å². The standard InChI is InChI=1S/C18H25N3O/c1-13-11-20-9-3-2-4-16(20)12-21(13)18(22)15-5-6-17-14(10-15)7-8-19-17/h5-6,10,13,16,19H,2-4,7-9,11-12H2,1H3. The zero-order valence-electron chi connectivity index (χ0n) is 13.3. The average Bonchev–Trinajstić information content (AvgIpc) is 3.01. The number of piperidine rings is 1. The number of carbonyl (C=O) groups is 1. The number of carbonyl (C=O) groups excluding carboxylic acids is 1. The zero-order chi connectivity index (χ0) is 15.1. The van der Waals surface area contributed by atoms with Gasteiger partial charge < -0.3 is 10.2 Å². The Morgan fingerprint density at radius 3 is 3.09 bits per heavy atom. The highest BCUT2D eigenvalue weighted by molar-refractivity contribution is 5.95. The van der Waals surface area contributed by atoms with Crippen molar-refractivity contribution < 1.29 is 4.79 Å². The number of amides is 1. The van der Waals surface area contributed by atoms with Gasteiger partial charge in [-0.1, -0.05) is 6.42 Å². The van der Waals surface area contributed by atoms with Gasteiger partial charge in [0.1, 0.15) is 0 Å². The minimum absolute atomic E-state index is 0.215. The summed E-state index contributed by atoms with van der Waals surface area (Å²) in [6.07, 6.45) is 4.89. The Morgan fingerprint density at radius 1 is 1.27 bits per heavy atom. The fraction of sp³-hybridized carbons (Fsp3) is 0.611. The lowest BCUT2D eigenvalue weighted by atomic mass is 9.96. The van der Waals surface area contributed by atoms with E-state index < -0.39 is 0 Å². The lowest BCUT2D eigenvalue weighted by Crippen LogP contribution is -2.60. The van der Waals surface area contributed by atoms with Gasteiger partial charge in [0.15, 0.2) is 0 Å². The van der Waals surface area contributed by atoms with Crippen LogP contribution < -0.4 is 5.32 Å². The quantitative estimate of drug-likeness (QED) is 0.864. The van der Waals surface area contributed by atoms with Gasteiger partial charge in [0.05, 0.1) is 0 Å². The van der Waals surface area contributed by atoms with E-state index in [9.17, 15) is 4.79 Å². The van der Waals surface area contributed by atoms with E-state index in [0.29, 0.717) is 12.1 Å². The Bertz CT molecular complexity index is 586. The largest absolute Gasteiger partial charge is 0.384 e. The molecule has 2 atom stereocenters. The SMILES string of the molecule is CC1CN2CCCCC2CN1C(=O)c1ccc2c(c1)CCN2. The lowest BCUT2D eigenvalue weighted by molar-refractivity contribution is 0.0151.